The Bertz CT molecular complexity index is 470. The van der Waals surface area contributed by atoms with Gasteiger partial charge >= 0.3 is 0 Å². The van der Waals surface area contributed by atoms with Crippen LogP contribution in [0.15, 0.2) is 40.6 Å². The molecule has 0 spiro atoms. The van der Waals surface area contributed by atoms with Crippen molar-refractivity contribution in [3.05, 3.63) is 41.3 Å². The van der Waals surface area contributed by atoms with Gasteiger partial charge in [0.1, 0.15) is 0 Å². The third kappa shape index (κ3) is 5.05. The predicted octanol–water partition coefficient (Wildman–Crippen LogP) is 4.25. The Balaban J connectivity index is 2.54. The molecule has 0 N–H and O–H groups in total. The summed E-state index contributed by atoms with van der Waals surface area (Å²) in [7, 11) is -3.25. The van der Waals surface area contributed by atoms with E-state index in [-0.39, 0.29) is 0 Å². The topological polar surface area (TPSA) is 34.1 Å². The molecule has 0 amide bonds. The molecule has 2 nitrogen and oxygen atoms in total. The number of unbranched alkanes of at least 4 members (excludes halogenated alkanes) is 4. The highest BCUT2D eigenvalue weighted by atomic mass is 32.2. The third-order valence-corrected chi connectivity index (χ3v) is 4.33. The Hall–Kier alpha value is -1.09. The SMILES string of the molecule is CCCCCCC=CS(=O)(=O)c1ccc(C)cc1. The standard InChI is InChI=1S/C15H22O2S/c1-3-4-5-6-7-8-13-18(16,17)15-11-9-14(2)10-12-15/h8-13H,3-7H2,1-2H3. The first-order chi connectivity index (χ1) is 8.56. The maximum absolute atomic E-state index is 11.9. The van der Waals surface area contributed by atoms with Crippen molar-refractivity contribution in [3.8, 4) is 0 Å². The highest BCUT2D eigenvalue weighted by molar-refractivity contribution is 7.94. The van der Waals surface area contributed by atoms with E-state index in [9.17, 15) is 8.42 Å². The van der Waals surface area contributed by atoms with Crippen molar-refractivity contribution in [2.75, 3.05) is 0 Å². The zero-order valence-electron chi connectivity index (χ0n) is 11.2. The van der Waals surface area contributed by atoms with Crippen molar-refractivity contribution in [3.63, 3.8) is 0 Å². The van der Waals surface area contributed by atoms with Gasteiger partial charge in [-0.25, -0.2) is 8.42 Å². The van der Waals surface area contributed by atoms with Crippen molar-refractivity contribution < 1.29 is 8.42 Å². The molecule has 0 bridgehead atoms. The van der Waals surface area contributed by atoms with Crippen molar-refractivity contribution in [1.29, 1.82) is 0 Å². The van der Waals surface area contributed by atoms with Crippen LogP contribution in [0.25, 0.3) is 0 Å². The first kappa shape index (κ1) is 15.0. The van der Waals surface area contributed by atoms with Crippen molar-refractivity contribution in [2.45, 2.75) is 50.8 Å². The van der Waals surface area contributed by atoms with E-state index in [2.05, 4.69) is 6.92 Å². The predicted molar refractivity (Wildman–Crippen MR) is 76.3 cm³/mol. The molecule has 1 aromatic rings. The zero-order chi connectivity index (χ0) is 13.4. The maximum atomic E-state index is 11.9. The zero-order valence-corrected chi connectivity index (χ0v) is 12.0. The average Bonchev–Trinajstić information content (AvgIpc) is 2.34. The van der Waals surface area contributed by atoms with Gasteiger partial charge in [-0.15, -0.1) is 0 Å². The Morgan fingerprint density at radius 2 is 1.72 bits per heavy atom. The monoisotopic (exact) mass is 266 g/mol. The Kier molecular flexibility index (Phi) is 6.13. The van der Waals surface area contributed by atoms with Crippen LogP contribution in [0, 0.1) is 6.92 Å². The molecule has 18 heavy (non-hydrogen) atoms. The fourth-order valence-electron chi connectivity index (χ4n) is 1.69. The summed E-state index contributed by atoms with van der Waals surface area (Å²) in [6.07, 6.45) is 7.26. The highest BCUT2D eigenvalue weighted by Crippen LogP contribution is 2.14. The van der Waals surface area contributed by atoms with Crippen LogP contribution in [0.1, 0.15) is 44.6 Å². The van der Waals surface area contributed by atoms with E-state index in [1.807, 2.05) is 19.1 Å². The van der Waals surface area contributed by atoms with Gasteiger partial charge in [0.2, 0.25) is 0 Å². The van der Waals surface area contributed by atoms with Crippen molar-refractivity contribution in [2.24, 2.45) is 0 Å². The minimum Gasteiger partial charge on any atom is -0.219 e. The summed E-state index contributed by atoms with van der Waals surface area (Å²) in [4.78, 5) is 0.373. The lowest BCUT2D eigenvalue weighted by atomic mass is 10.2. The first-order valence-electron chi connectivity index (χ1n) is 6.54. The van der Waals surface area contributed by atoms with Crippen LogP contribution in [0.5, 0.6) is 0 Å². The quantitative estimate of drug-likeness (QED) is 0.691. The van der Waals surface area contributed by atoms with Crippen LogP contribution in [-0.2, 0) is 9.84 Å². The Morgan fingerprint density at radius 3 is 2.33 bits per heavy atom. The second-order valence-corrected chi connectivity index (χ2v) is 6.41. The van der Waals surface area contributed by atoms with E-state index >= 15 is 0 Å². The molecule has 0 atom stereocenters. The highest BCUT2D eigenvalue weighted by Gasteiger charge is 2.08. The van der Waals surface area contributed by atoms with Gasteiger partial charge in [0.15, 0.2) is 9.84 Å². The van der Waals surface area contributed by atoms with E-state index < -0.39 is 9.84 Å². The van der Waals surface area contributed by atoms with Gasteiger partial charge in [-0.05, 0) is 31.9 Å². The smallest absolute Gasteiger partial charge is 0.199 e. The second kappa shape index (κ2) is 7.37. The molecular weight excluding hydrogens is 244 g/mol. The molecule has 0 saturated heterocycles. The summed E-state index contributed by atoms with van der Waals surface area (Å²) in [5.41, 5.74) is 1.07. The Morgan fingerprint density at radius 1 is 1.06 bits per heavy atom. The molecule has 0 aliphatic heterocycles. The molecule has 0 heterocycles. The van der Waals surface area contributed by atoms with Gasteiger partial charge in [-0.1, -0.05) is 50.0 Å². The fraction of sp³-hybridized carbons (Fsp3) is 0.467. The normalized spacial score (nSPS) is 12.1. The molecule has 3 heteroatoms. The Labute approximate surface area is 111 Å². The largest absolute Gasteiger partial charge is 0.219 e. The lowest BCUT2D eigenvalue weighted by Gasteiger charge is -1.99. The van der Waals surface area contributed by atoms with Crippen LogP contribution in [-0.4, -0.2) is 8.42 Å². The van der Waals surface area contributed by atoms with Crippen molar-refractivity contribution in [1.82, 2.24) is 0 Å². The number of rotatable bonds is 7. The van der Waals surface area contributed by atoms with Gasteiger partial charge in [0, 0.05) is 5.41 Å². The molecule has 0 aliphatic rings. The number of hydrogen-bond acceptors (Lipinski definition) is 2. The fourth-order valence-corrected chi connectivity index (χ4v) is 2.75. The minimum atomic E-state index is -3.25. The lowest BCUT2D eigenvalue weighted by molar-refractivity contribution is 0.604. The van der Waals surface area contributed by atoms with Crippen LogP contribution in [0.4, 0.5) is 0 Å². The molecule has 0 aliphatic carbocycles. The number of benzene rings is 1. The van der Waals surface area contributed by atoms with E-state index in [4.69, 9.17) is 0 Å². The van der Waals surface area contributed by atoms with Crippen LogP contribution in [0.2, 0.25) is 0 Å². The third-order valence-electron chi connectivity index (χ3n) is 2.85. The average molecular weight is 266 g/mol. The second-order valence-electron chi connectivity index (χ2n) is 4.58. The van der Waals surface area contributed by atoms with Gasteiger partial charge in [-0.3, -0.25) is 0 Å². The van der Waals surface area contributed by atoms with E-state index in [0.717, 1.165) is 18.4 Å². The van der Waals surface area contributed by atoms with Crippen molar-refractivity contribution >= 4 is 9.84 Å². The lowest BCUT2D eigenvalue weighted by Crippen LogP contribution is -1.95. The number of sulfone groups is 1. The summed E-state index contributed by atoms with van der Waals surface area (Å²) in [6.45, 7) is 4.11. The van der Waals surface area contributed by atoms with Crippen LogP contribution in [0.3, 0.4) is 0 Å². The molecule has 0 radical (unpaired) electrons. The molecule has 1 rings (SSSR count). The molecular formula is C15H22O2S. The van der Waals surface area contributed by atoms with E-state index in [1.54, 1.807) is 18.2 Å². The maximum Gasteiger partial charge on any atom is 0.199 e. The molecule has 0 saturated carbocycles. The van der Waals surface area contributed by atoms with Gasteiger partial charge in [-0.2, -0.15) is 0 Å². The van der Waals surface area contributed by atoms with Crippen LogP contribution < -0.4 is 0 Å². The summed E-state index contributed by atoms with van der Waals surface area (Å²) in [5.74, 6) is 0. The summed E-state index contributed by atoms with van der Waals surface area (Å²) in [5, 5.41) is 1.34. The summed E-state index contributed by atoms with van der Waals surface area (Å²) < 4.78 is 23.9. The summed E-state index contributed by atoms with van der Waals surface area (Å²) in [6, 6.07) is 6.96. The molecule has 0 fully saturated rings. The molecule has 100 valence electrons. The van der Waals surface area contributed by atoms with E-state index in [1.165, 1.54) is 24.7 Å². The number of hydrogen-bond donors (Lipinski definition) is 0. The molecule has 0 unspecified atom stereocenters. The number of allylic oxidation sites excluding steroid dienone is 1. The summed E-state index contributed by atoms with van der Waals surface area (Å²) >= 11 is 0. The van der Waals surface area contributed by atoms with Crippen LogP contribution >= 0.6 is 0 Å². The minimum absolute atomic E-state index is 0.373. The first-order valence-corrected chi connectivity index (χ1v) is 8.09. The molecule has 1 aromatic carbocycles. The molecule has 0 aromatic heterocycles. The number of aryl methyl sites for hydroxylation is 1. The van der Waals surface area contributed by atoms with Gasteiger partial charge < -0.3 is 0 Å². The van der Waals surface area contributed by atoms with E-state index in [0.29, 0.717) is 4.90 Å². The van der Waals surface area contributed by atoms with Gasteiger partial charge in [0.25, 0.3) is 0 Å². The van der Waals surface area contributed by atoms with Gasteiger partial charge in [0.05, 0.1) is 4.90 Å².